The minimum Gasteiger partial charge on any atom is -0.0654 e. The first kappa shape index (κ1) is 19.0. The molecular formula is C21H42. The zero-order valence-corrected chi connectivity index (χ0v) is 16.2. The molecule has 0 bridgehead atoms. The fraction of sp³-hybridized carbons (Fsp3) is 1.00. The van der Waals surface area contributed by atoms with E-state index >= 15 is 0 Å². The highest BCUT2D eigenvalue weighted by Gasteiger charge is 2.37. The lowest BCUT2D eigenvalue weighted by molar-refractivity contribution is 0.139. The van der Waals surface area contributed by atoms with Gasteiger partial charge in [0.15, 0.2) is 0 Å². The van der Waals surface area contributed by atoms with Gasteiger partial charge in [0.1, 0.15) is 0 Å². The molecule has 1 aliphatic rings. The predicted molar refractivity (Wildman–Crippen MR) is 96.4 cm³/mol. The average molecular weight is 295 g/mol. The lowest BCUT2D eigenvalue weighted by Gasteiger charge is -2.35. The SMILES string of the molecule is CCCC1C(C)CCC1C(C)CC(C)C(C(C)C)C(C)C. The summed E-state index contributed by atoms with van der Waals surface area (Å²) >= 11 is 0. The van der Waals surface area contributed by atoms with Gasteiger partial charge in [-0.2, -0.15) is 0 Å². The van der Waals surface area contributed by atoms with Crippen molar-refractivity contribution in [2.24, 2.45) is 47.3 Å². The molecule has 1 fully saturated rings. The highest BCUT2D eigenvalue weighted by molar-refractivity contribution is 4.87. The minimum atomic E-state index is 0.821. The lowest BCUT2D eigenvalue weighted by Crippen LogP contribution is -2.28. The van der Waals surface area contributed by atoms with E-state index in [2.05, 4.69) is 55.4 Å². The largest absolute Gasteiger partial charge is 0.0654 e. The van der Waals surface area contributed by atoms with Crippen molar-refractivity contribution >= 4 is 0 Å². The molecule has 0 spiro atoms. The molecule has 5 atom stereocenters. The van der Waals surface area contributed by atoms with E-state index in [1.54, 1.807) is 0 Å². The van der Waals surface area contributed by atoms with Gasteiger partial charge in [0.05, 0.1) is 0 Å². The predicted octanol–water partition coefficient (Wildman–Crippen LogP) is 7.04. The van der Waals surface area contributed by atoms with Crippen molar-refractivity contribution in [2.45, 2.75) is 87.5 Å². The van der Waals surface area contributed by atoms with Crippen LogP contribution in [0.25, 0.3) is 0 Å². The van der Waals surface area contributed by atoms with Gasteiger partial charge in [-0.1, -0.05) is 74.7 Å². The van der Waals surface area contributed by atoms with E-state index in [1.165, 1.54) is 32.1 Å². The third-order valence-electron chi connectivity index (χ3n) is 6.53. The standard InChI is InChI=1S/C21H42/c1-9-10-19-16(6)11-12-20(19)17(7)13-18(8)21(14(2)3)15(4)5/h14-21H,9-13H2,1-8H3. The first-order valence-electron chi connectivity index (χ1n) is 9.79. The first-order valence-corrected chi connectivity index (χ1v) is 9.79. The van der Waals surface area contributed by atoms with Crippen molar-refractivity contribution in [3.8, 4) is 0 Å². The molecule has 1 aliphatic carbocycles. The molecule has 0 heteroatoms. The van der Waals surface area contributed by atoms with Crippen LogP contribution in [0.4, 0.5) is 0 Å². The van der Waals surface area contributed by atoms with Gasteiger partial charge in [0, 0.05) is 0 Å². The van der Waals surface area contributed by atoms with Crippen molar-refractivity contribution in [1.82, 2.24) is 0 Å². The summed E-state index contributed by atoms with van der Waals surface area (Å²) < 4.78 is 0. The van der Waals surface area contributed by atoms with Crippen LogP contribution in [-0.2, 0) is 0 Å². The van der Waals surface area contributed by atoms with Crippen LogP contribution in [0.2, 0.25) is 0 Å². The molecule has 0 N–H and O–H groups in total. The summed E-state index contributed by atoms with van der Waals surface area (Å²) in [4.78, 5) is 0. The van der Waals surface area contributed by atoms with Gasteiger partial charge in [-0.3, -0.25) is 0 Å². The molecule has 0 aromatic heterocycles. The third kappa shape index (κ3) is 5.00. The fourth-order valence-corrected chi connectivity index (χ4v) is 5.85. The molecule has 5 unspecified atom stereocenters. The molecule has 0 radical (unpaired) electrons. The summed E-state index contributed by atoms with van der Waals surface area (Å²) in [5.41, 5.74) is 0. The van der Waals surface area contributed by atoms with Crippen LogP contribution in [0.3, 0.4) is 0 Å². The summed E-state index contributed by atoms with van der Waals surface area (Å²) in [6.45, 7) is 19.6. The Labute approximate surface area is 135 Å². The molecule has 0 aromatic carbocycles. The molecule has 0 aliphatic heterocycles. The monoisotopic (exact) mass is 294 g/mol. The maximum atomic E-state index is 2.56. The Morgan fingerprint density at radius 1 is 0.905 bits per heavy atom. The van der Waals surface area contributed by atoms with Crippen molar-refractivity contribution in [2.75, 3.05) is 0 Å². The number of hydrogen-bond donors (Lipinski definition) is 0. The second-order valence-corrected chi connectivity index (χ2v) is 8.93. The Balaban J connectivity index is 2.64. The first-order chi connectivity index (χ1) is 9.79. The fourth-order valence-electron chi connectivity index (χ4n) is 5.85. The molecule has 0 aromatic rings. The van der Waals surface area contributed by atoms with Gasteiger partial charge in [-0.15, -0.1) is 0 Å². The van der Waals surface area contributed by atoms with Gasteiger partial charge in [-0.05, 0) is 60.2 Å². The molecule has 1 saturated carbocycles. The van der Waals surface area contributed by atoms with E-state index in [0.717, 1.165) is 47.3 Å². The summed E-state index contributed by atoms with van der Waals surface area (Å²) in [6, 6.07) is 0. The van der Waals surface area contributed by atoms with E-state index in [-0.39, 0.29) is 0 Å². The van der Waals surface area contributed by atoms with Crippen LogP contribution in [0.15, 0.2) is 0 Å². The van der Waals surface area contributed by atoms with Crippen LogP contribution in [0.5, 0.6) is 0 Å². The number of hydrogen-bond acceptors (Lipinski definition) is 0. The smallest absolute Gasteiger partial charge is 0.0342 e. The van der Waals surface area contributed by atoms with Gasteiger partial charge in [0.2, 0.25) is 0 Å². The number of rotatable bonds is 8. The lowest BCUT2D eigenvalue weighted by atomic mass is 9.70. The Kier molecular flexibility index (Phi) is 7.79. The second-order valence-electron chi connectivity index (χ2n) is 8.93. The van der Waals surface area contributed by atoms with Crippen LogP contribution >= 0.6 is 0 Å². The minimum absolute atomic E-state index is 0.821. The maximum absolute atomic E-state index is 2.56. The van der Waals surface area contributed by atoms with Crippen molar-refractivity contribution in [3.05, 3.63) is 0 Å². The summed E-state index contributed by atoms with van der Waals surface area (Å²) in [7, 11) is 0. The Morgan fingerprint density at radius 2 is 1.48 bits per heavy atom. The van der Waals surface area contributed by atoms with Gasteiger partial charge < -0.3 is 0 Å². The molecule has 21 heavy (non-hydrogen) atoms. The molecule has 0 saturated heterocycles. The zero-order valence-electron chi connectivity index (χ0n) is 16.2. The van der Waals surface area contributed by atoms with Gasteiger partial charge in [-0.25, -0.2) is 0 Å². The summed E-state index contributed by atoms with van der Waals surface area (Å²) in [5.74, 6) is 7.30. The quantitative estimate of drug-likeness (QED) is 0.450. The van der Waals surface area contributed by atoms with E-state index in [1.807, 2.05) is 0 Å². The topological polar surface area (TPSA) is 0 Å². The highest BCUT2D eigenvalue weighted by Crippen LogP contribution is 2.46. The van der Waals surface area contributed by atoms with Crippen molar-refractivity contribution in [1.29, 1.82) is 0 Å². The second kappa shape index (κ2) is 8.59. The molecule has 126 valence electrons. The van der Waals surface area contributed by atoms with Crippen molar-refractivity contribution in [3.63, 3.8) is 0 Å². The van der Waals surface area contributed by atoms with Crippen LogP contribution in [0, 0.1) is 47.3 Å². The normalized spacial score (nSPS) is 29.6. The Morgan fingerprint density at radius 3 is 1.95 bits per heavy atom. The molecular weight excluding hydrogens is 252 g/mol. The van der Waals surface area contributed by atoms with Gasteiger partial charge >= 0.3 is 0 Å². The van der Waals surface area contributed by atoms with E-state index < -0.39 is 0 Å². The molecule has 0 heterocycles. The van der Waals surface area contributed by atoms with Crippen molar-refractivity contribution < 1.29 is 0 Å². The third-order valence-corrected chi connectivity index (χ3v) is 6.53. The Hall–Kier alpha value is 0. The summed E-state index contributed by atoms with van der Waals surface area (Å²) in [6.07, 6.45) is 7.24. The molecule has 1 rings (SSSR count). The summed E-state index contributed by atoms with van der Waals surface area (Å²) in [5, 5.41) is 0. The average Bonchev–Trinajstić information content (AvgIpc) is 2.70. The van der Waals surface area contributed by atoms with Crippen LogP contribution in [-0.4, -0.2) is 0 Å². The van der Waals surface area contributed by atoms with Crippen LogP contribution < -0.4 is 0 Å². The van der Waals surface area contributed by atoms with E-state index in [4.69, 9.17) is 0 Å². The van der Waals surface area contributed by atoms with E-state index in [9.17, 15) is 0 Å². The maximum Gasteiger partial charge on any atom is -0.0342 e. The Bertz CT molecular complexity index is 270. The van der Waals surface area contributed by atoms with Gasteiger partial charge in [0.25, 0.3) is 0 Å². The highest BCUT2D eigenvalue weighted by atomic mass is 14.4. The van der Waals surface area contributed by atoms with Crippen LogP contribution in [0.1, 0.15) is 87.5 Å². The molecule has 0 amide bonds. The van der Waals surface area contributed by atoms with E-state index in [0.29, 0.717) is 0 Å². The molecule has 0 nitrogen and oxygen atoms in total. The zero-order chi connectivity index (χ0) is 16.2.